The first kappa shape index (κ1) is 20.2. The lowest BCUT2D eigenvalue weighted by molar-refractivity contribution is 0.0623. The number of hydrogen-bond donors (Lipinski definition) is 1. The Balaban J connectivity index is 1.77. The summed E-state index contributed by atoms with van der Waals surface area (Å²) in [4.78, 5) is 14.7. The van der Waals surface area contributed by atoms with Crippen LogP contribution in [0.4, 0.5) is 5.69 Å². The van der Waals surface area contributed by atoms with Gasteiger partial charge >= 0.3 is 0 Å². The highest BCUT2D eigenvalue weighted by Crippen LogP contribution is 2.27. The molecule has 28 heavy (non-hydrogen) atoms. The summed E-state index contributed by atoms with van der Waals surface area (Å²) in [6.45, 7) is 5.77. The summed E-state index contributed by atoms with van der Waals surface area (Å²) >= 11 is 0. The van der Waals surface area contributed by atoms with Crippen molar-refractivity contribution in [2.24, 2.45) is 11.8 Å². The number of methoxy groups -OCH3 is 1. The third kappa shape index (κ3) is 4.47. The van der Waals surface area contributed by atoms with Crippen LogP contribution in [0.15, 0.2) is 53.4 Å². The van der Waals surface area contributed by atoms with E-state index >= 15 is 0 Å². The zero-order valence-corrected chi connectivity index (χ0v) is 17.2. The average Bonchev–Trinajstić information content (AvgIpc) is 2.67. The van der Waals surface area contributed by atoms with Crippen LogP contribution < -0.4 is 9.46 Å². The smallest absolute Gasteiger partial charge is 0.262 e. The predicted molar refractivity (Wildman–Crippen MR) is 109 cm³/mol. The fourth-order valence-corrected chi connectivity index (χ4v) is 4.79. The molecule has 3 rings (SSSR count). The van der Waals surface area contributed by atoms with Gasteiger partial charge in [-0.25, -0.2) is 8.42 Å². The van der Waals surface area contributed by atoms with Gasteiger partial charge in [-0.05, 0) is 54.7 Å². The Morgan fingerprint density at radius 3 is 2.25 bits per heavy atom. The Kier molecular flexibility index (Phi) is 5.93. The van der Waals surface area contributed by atoms with Crippen molar-refractivity contribution < 1.29 is 17.9 Å². The van der Waals surface area contributed by atoms with Gasteiger partial charge in [0.2, 0.25) is 0 Å². The summed E-state index contributed by atoms with van der Waals surface area (Å²) in [5.74, 6) is 1.32. The van der Waals surface area contributed by atoms with E-state index in [1.54, 1.807) is 36.4 Å². The van der Waals surface area contributed by atoms with Crippen LogP contribution in [-0.2, 0) is 10.0 Å². The van der Waals surface area contributed by atoms with Gasteiger partial charge in [-0.15, -0.1) is 0 Å². The monoisotopic (exact) mass is 402 g/mol. The number of amides is 1. The summed E-state index contributed by atoms with van der Waals surface area (Å²) in [5, 5.41) is 0. The van der Waals surface area contributed by atoms with Gasteiger partial charge in [0.05, 0.1) is 17.7 Å². The zero-order valence-electron chi connectivity index (χ0n) is 16.4. The maximum Gasteiger partial charge on any atom is 0.262 e. The van der Waals surface area contributed by atoms with Gasteiger partial charge in [0.25, 0.3) is 15.9 Å². The van der Waals surface area contributed by atoms with Crippen LogP contribution in [0, 0.1) is 11.8 Å². The average molecular weight is 403 g/mol. The molecule has 0 unspecified atom stereocenters. The lowest BCUT2D eigenvalue weighted by atomic mass is 9.91. The van der Waals surface area contributed by atoms with Crippen molar-refractivity contribution in [3.63, 3.8) is 0 Å². The molecule has 150 valence electrons. The van der Waals surface area contributed by atoms with Crippen LogP contribution in [0.5, 0.6) is 5.75 Å². The van der Waals surface area contributed by atoms with Crippen LogP contribution in [0.2, 0.25) is 0 Å². The summed E-state index contributed by atoms with van der Waals surface area (Å²) in [7, 11) is -2.30. The van der Waals surface area contributed by atoms with E-state index in [-0.39, 0.29) is 10.8 Å². The molecule has 1 saturated heterocycles. The van der Waals surface area contributed by atoms with Crippen molar-refractivity contribution in [2.75, 3.05) is 24.9 Å². The van der Waals surface area contributed by atoms with E-state index in [4.69, 9.17) is 4.74 Å². The number of ether oxygens (including phenoxy) is 1. The highest BCUT2D eigenvalue weighted by Gasteiger charge is 2.26. The molecule has 2 aromatic carbocycles. The fourth-order valence-electron chi connectivity index (χ4n) is 3.72. The van der Waals surface area contributed by atoms with E-state index in [1.807, 2.05) is 4.90 Å². The second kappa shape index (κ2) is 8.22. The zero-order chi connectivity index (χ0) is 20.3. The molecule has 2 aromatic rings. The largest absolute Gasteiger partial charge is 0.495 e. The summed E-state index contributed by atoms with van der Waals surface area (Å²) in [6.07, 6.45) is 1.12. The van der Waals surface area contributed by atoms with Gasteiger partial charge in [0, 0.05) is 18.7 Å². The standard InChI is InChI=1S/C21H26N2O4S/c1-15-12-16(2)14-23(13-15)21(24)17-8-10-18(11-9-17)28(25,26)22-19-6-4-5-7-20(19)27-3/h4-11,15-16,22H,12-14H2,1-3H3/t15-,16-/m1/s1. The number of nitrogens with zero attached hydrogens (tertiary/aromatic N) is 1. The number of nitrogens with one attached hydrogen (secondary N) is 1. The minimum Gasteiger partial charge on any atom is -0.495 e. The van der Waals surface area contributed by atoms with Gasteiger partial charge < -0.3 is 9.64 Å². The molecular formula is C21H26N2O4S. The molecule has 1 aliphatic rings. The Labute approximate surface area is 166 Å². The molecular weight excluding hydrogens is 376 g/mol. The molecule has 6 nitrogen and oxygen atoms in total. The first-order valence-corrected chi connectivity index (χ1v) is 10.8. The highest BCUT2D eigenvalue weighted by atomic mass is 32.2. The Morgan fingerprint density at radius 2 is 1.64 bits per heavy atom. The Morgan fingerprint density at radius 1 is 1.04 bits per heavy atom. The Hall–Kier alpha value is -2.54. The topological polar surface area (TPSA) is 75.7 Å². The number of anilines is 1. The third-order valence-corrected chi connectivity index (χ3v) is 6.30. The van der Waals surface area contributed by atoms with E-state index in [9.17, 15) is 13.2 Å². The van der Waals surface area contributed by atoms with E-state index in [0.717, 1.165) is 19.5 Å². The molecule has 0 aliphatic carbocycles. The van der Waals surface area contributed by atoms with Gasteiger partial charge in [0.15, 0.2) is 0 Å². The number of hydrogen-bond acceptors (Lipinski definition) is 4. The van der Waals surface area contributed by atoms with Gasteiger partial charge in [0.1, 0.15) is 5.75 Å². The molecule has 0 spiro atoms. The predicted octanol–water partition coefficient (Wildman–Crippen LogP) is 3.61. The number of para-hydroxylation sites is 2. The van der Waals surface area contributed by atoms with Crippen molar-refractivity contribution in [2.45, 2.75) is 25.2 Å². The van der Waals surface area contributed by atoms with Crippen molar-refractivity contribution in [1.29, 1.82) is 0 Å². The number of rotatable bonds is 5. The molecule has 7 heteroatoms. The SMILES string of the molecule is COc1ccccc1NS(=O)(=O)c1ccc(C(=O)N2C[C@H](C)C[C@@H](C)C2)cc1. The molecule has 0 saturated carbocycles. The molecule has 0 aromatic heterocycles. The molecule has 1 aliphatic heterocycles. The normalized spacial score (nSPS) is 19.9. The maximum absolute atomic E-state index is 12.8. The first-order chi connectivity index (χ1) is 13.3. The molecule has 1 heterocycles. The number of carbonyl (C=O) groups is 1. The third-order valence-electron chi connectivity index (χ3n) is 4.92. The van der Waals surface area contributed by atoms with Crippen LogP contribution >= 0.6 is 0 Å². The van der Waals surface area contributed by atoms with Gasteiger partial charge in [-0.3, -0.25) is 9.52 Å². The summed E-state index contributed by atoms with van der Waals surface area (Å²) < 4.78 is 33.1. The van der Waals surface area contributed by atoms with E-state index in [0.29, 0.717) is 28.8 Å². The molecule has 1 N–H and O–H groups in total. The summed E-state index contributed by atoms with van der Waals surface area (Å²) in [5.41, 5.74) is 0.860. The quantitative estimate of drug-likeness (QED) is 0.829. The molecule has 0 bridgehead atoms. The lowest BCUT2D eigenvalue weighted by Crippen LogP contribution is -2.42. The number of likely N-dealkylation sites (tertiary alicyclic amines) is 1. The van der Waals surface area contributed by atoms with Crippen molar-refractivity contribution >= 4 is 21.6 Å². The van der Waals surface area contributed by atoms with Crippen LogP contribution in [-0.4, -0.2) is 39.4 Å². The second-order valence-corrected chi connectivity index (χ2v) is 9.17. The minimum atomic E-state index is -3.79. The number of sulfonamides is 1. The number of carbonyl (C=O) groups excluding carboxylic acids is 1. The van der Waals surface area contributed by atoms with Crippen LogP contribution in [0.3, 0.4) is 0 Å². The van der Waals surface area contributed by atoms with Gasteiger partial charge in [-0.2, -0.15) is 0 Å². The maximum atomic E-state index is 12.8. The Bertz CT molecular complexity index is 931. The molecule has 1 fully saturated rings. The molecule has 0 radical (unpaired) electrons. The minimum absolute atomic E-state index is 0.0555. The fraction of sp³-hybridized carbons (Fsp3) is 0.381. The first-order valence-electron chi connectivity index (χ1n) is 9.35. The van der Waals surface area contributed by atoms with Gasteiger partial charge in [-0.1, -0.05) is 26.0 Å². The summed E-state index contributed by atoms with van der Waals surface area (Å²) in [6, 6.07) is 12.9. The van der Waals surface area contributed by atoms with Crippen LogP contribution in [0.25, 0.3) is 0 Å². The van der Waals surface area contributed by atoms with Crippen molar-refractivity contribution in [1.82, 2.24) is 4.90 Å². The van der Waals surface area contributed by atoms with Crippen molar-refractivity contribution in [3.8, 4) is 5.75 Å². The second-order valence-electron chi connectivity index (χ2n) is 7.49. The van der Waals surface area contributed by atoms with E-state index < -0.39 is 10.0 Å². The van der Waals surface area contributed by atoms with E-state index in [2.05, 4.69) is 18.6 Å². The van der Waals surface area contributed by atoms with Crippen LogP contribution in [0.1, 0.15) is 30.6 Å². The van der Waals surface area contributed by atoms with Crippen molar-refractivity contribution in [3.05, 3.63) is 54.1 Å². The lowest BCUT2D eigenvalue weighted by Gasteiger charge is -2.35. The number of piperidine rings is 1. The molecule has 2 atom stereocenters. The highest BCUT2D eigenvalue weighted by molar-refractivity contribution is 7.92. The van der Waals surface area contributed by atoms with E-state index in [1.165, 1.54) is 19.2 Å². The number of benzene rings is 2. The molecule has 1 amide bonds.